The fourth-order valence-electron chi connectivity index (χ4n) is 2.88. The monoisotopic (exact) mass is 470 g/mol. The van der Waals surface area contributed by atoms with Crippen molar-refractivity contribution in [2.75, 3.05) is 32.5 Å². The maximum Gasteiger partial charge on any atom is 0.240 e. The second-order valence-electron chi connectivity index (χ2n) is 6.72. The van der Waals surface area contributed by atoms with Crippen LogP contribution in [-0.2, 0) is 11.3 Å². The van der Waals surface area contributed by atoms with Gasteiger partial charge in [-0.05, 0) is 25.1 Å². The average molecular weight is 471 g/mol. The maximum absolute atomic E-state index is 12.2. The first-order chi connectivity index (χ1) is 16.0. The molecule has 11 heteroatoms. The molecule has 3 N–H and O–H groups in total. The number of amides is 1. The Kier molecular flexibility index (Phi) is 8.53. The third-order valence-electron chi connectivity index (χ3n) is 4.59. The first kappa shape index (κ1) is 23.9. The fourth-order valence-corrected chi connectivity index (χ4v) is 3.51. The van der Waals surface area contributed by atoms with E-state index in [0.717, 1.165) is 16.9 Å². The number of rotatable bonds is 11. The molecule has 0 fully saturated rings. The minimum Gasteiger partial charge on any atom is -0.497 e. The SMILES string of the molecule is COc1ccc(/C(C)=N/Nc2nc(SCC(=O)NCc3ccccc3OC)n[nH]2)c(OC)c1. The van der Waals surface area contributed by atoms with E-state index in [2.05, 4.69) is 31.0 Å². The summed E-state index contributed by atoms with van der Waals surface area (Å²) in [6.45, 7) is 2.22. The lowest BCUT2D eigenvalue weighted by atomic mass is 10.1. The molecule has 1 heterocycles. The van der Waals surface area contributed by atoms with E-state index in [1.54, 1.807) is 27.4 Å². The van der Waals surface area contributed by atoms with Gasteiger partial charge in [0.25, 0.3) is 0 Å². The molecule has 0 spiro atoms. The molecule has 0 saturated heterocycles. The van der Waals surface area contributed by atoms with Gasteiger partial charge in [-0.2, -0.15) is 10.1 Å². The van der Waals surface area contributed by atoms with Crippen LogP contribution in [0.15, 0.2) is 52.7 Å². The highest BCUT2D eigenvalue weighted by atomic mass is 32.2. The highest BCUT2D eigenvalue weighted by Gasteiger charge is 2.11. The molecule has 0 atom stereocenters. The third kappa shape index (κ3) is 6.62. The number of benzene rings is 2. The number of carbonyl (C=O) groups excluding carboxylic acids is 1. The number of hydrazone groups is 1. The molecule has 0 bridgehead atoms. The molecule has 0 aliphatic carbocycles. The summed E-state index contributed by atoms with van der Waals surface area (Å²) in [5.41, 5.74) is 5.24. The van der Waals surface area contributed by atoms with E-state index in [9.17, 15) is 4.79 Å². The van der Waals surface area contributed by atoms with Gasteiger partial charge in [-0.1, -0.05) is 30.0 Å². The summed E-state index contributed by atoms with van der Waals surface area (Å²) in [4.78, 5) is 16.5. The number of anilines is 1. The predicted molar refractivity (Wildman–Crippen MR) is 127 cm³/mol. The van der Waals surface area contributed by atoms with E-state index < -0.39 is 0 Å². The van der Waals surface area contributed by atoms with Crippen LogP contribution in [0.4, 0.5) is 5.95 Å². The van der Waals surface area contributed by atoms with Crippen molar-refractivity contribution in [1.82, 2.24) is 20.5 Å². The Morgan fingerprint density at radius 3 is 2.64 bits per heavy atom. The van der Waals surface area contributed by atoms with Gasteiger partial charge < -0.3 is 19.5 Å². The second kappa shape index (κ2) is 11.8. The highest BCUT2D eigenvalue weighted by Crippen LogP contribution is 2.25. The van der Waals surface area contributed by atoms with Crippen LogP contribution in [0, 0.1) is 0 Å². The van der Waals surface area contributed by atoms with Crippen molar-refractivity contribution >= 4 is 29.3 Å². The van der Waals surface area contributed by atoms with Crippen LogP contribution in [0.3, 0.4) is 0 Å². The van der Waals surface area contributed by atoms with Gasteiger partial charge in [-0.3, -0.25) is 4.79 Å². The highest BCUT2D eigenvalue weighted by molar-refractivity contribution is 7.99. The van der Waals surface area contributed by atoms with Crippen LogP contribution in [-0.4, -0.2) is 53.9 Å². The molecule has 0 saturated carbocycles. The van der Waals surface area contributed by atoms with E-state index >= 15 is 0 Å². The minimum absolute atomic E-state index is 0.134. The summed E-state index contributed by atoms with van der Waals surface area (Å²) < 4.78 is 15.9. The standard InChI is InChI=1S/C22H26N6O4S/c1-14(17-10-9-16(30-2)11-19(17)32-4)25-26-21-24-22(28-27-21)33-13-20(29)23-12-15-7-5-6-8-18(15)31-3/h5-11H,12-13H2,1-4H3,(H,23,29)(H2,24,26,27,28)/b25-14+. The zero-order chi connectivity index (χ0) is 23.6. The van der Waals surface area contributed by atoms with Gasteiger partial charge in [-0.25, -0.2) is 10.5 Å². The van der Waals surface area contributed by atoms with Crippen LogP contribution < -0.4 is 25.0 Å². The van der Waals surface area contributed by atoms with Gasteiger partial charge in [-0.15, -0.1) is 5.10 Å². The molecular formula is C22H26N6O4S. The Hall–Kier alpha value is -3.73. The third-order valence-corrected chi connectivity index (χ3v) is 5.44. The summed E-state index contributed by atoms with van der Waals surface area (Å²) in [5, 5.41) is 14.5. The Morgan fingerprint density at radius 2 is 1.88 bits per heavy atom. The van der Waals surface area contributed by atoms with Crippen molar-refractivity contribution in [3.63, 3.8) is 0 Å². The number of aromatic nitrogens is 3. The molecular weight excluding hydrogens is 444 g/mol. The predicted octanol–water partition coefficient (Wildman–Crippen LogP) is 3.08. The van der Waals surface area contributed by atoms with E-state index in [1.165, 1.54) is 11.8 Å². The number of H-pyrrole nitrogens is 1. The van der Waals surface area contributed by atoms with Crippen molar-refractivity contribution in [2.45, 2.75) is 18.6 Å². The van der Waals surface area contributed by atoms with Crippen LogP contribution in [0.25, 0.3) is 0 Å². The Labute approximate surface area is 196 Å². The smallest absolute Gasteiger partial charge is 0.240 e. The van der Waals surface area contributed by atoms with Crippen LogP contribution in [0.1, 0.15) is 18.1 Å². The molecule has 2 aromatic carbocycles. The quantitative estimate of drug-likeness (QED) is 0.222. The van der Waals surface area contributed by atoms with Crippen LogP contribution >= 0.6 is 11.8 Å². The van der Waals surface area contributed by atoms with Crippen molar-refractivity contribution in [1.29, 1.82) is 0 Å². The lowest BCUT2D eigenvalue weighted by Gasteiger charge is -2.10. The topological polar surface area (TPSA) is 123 Å². The summed E-state index contributed by atoms with van der Waals surface area (Å²) in [6.07, 6.45) is 0. The van der Waals surface area contributed by atoms with Gasteiger partial charge in [0.1, 0.15) is 17.2 Å². The zero-order valence-electron chi connectivity index (χ0n) is 18.8. The number of hydrogen-bond donors (Lipinski definition) is 3. The summed E-state index contributed by atoms with van der Waals surface area (Å²) in [7, 11) is 4.79. The van der Waals surface area contributed by atoms with E-state index in [0.29, 0.717) is 34.9 Å². The molecule has 10 nitrogen and oxygen atoms in total. The summed E-state index contributed by atoms with van der Waals surface area (Å²) in [6, 6.07) is 13.0. The number of ether oxygens (including phenoxy) is 3. The molecule has 3 rings (SSSR count). The van der Waals surface area contributed by atoms with Crippen LogP contribution in [0.2, 0.25) is 0 Å². The van der Waals surface area contributed by atoms with Gasteiger partial charge in [0.05, 0.1) is 32.8 Å². The van der Waals surface area contributed by atoms with Gasteiger partial charge in [0.2, 0.25) is 17.0 Å². The molecule has 174 valence electrons. The average Bonchev–Trinajstić information content (AvgIpc) is 3.32. The second-order valence-corrected chi connectivity index (χ2v) is 7.66. The number of carbonyl (C=O) groups is 1. The van der Waals surface area contributed by atoms with Gasteiger partial charge in [0, 0.05) is 23.7 Å². The Balaban J connectivity index is 1.51. The zero-order valence-corrected chi connectivity index (χ0v) is 19.7. The molecule has 33 heavy (non-hydrogen) atoms. The first-order valence-corrected chi connectivity index (χ1v) is 11.0. The van der Waals surface area contributed by atoms with Crippen molar-refractivity contribution in [3.8, 4) is 17.2 Å². The van der Waals surface area contributed by atoms with Crippen molar-refractivity contribution in [3.05, 3.63) is 53.6 Å². The molecule has 0 aliphatic heterocycles. The lowest BCUT2D eigenvalue weighted by Crippen LogP contribution is -2.24. The normalized spacial score (nSPS) is 11.1. The number of nitrogens with one attached hydrogen (secondary N) is 3. The van der Waals surface area contributed by atoms with E-state index in [4.69, 9.17) is 14.2 Å². The number of para-hydroxylation sites is 1. The number of thioether (sulfide) groups is 1. The van der Waals surface area contributed by atoms with Gasteiger partial charge in [0.15, 0.2) is 0 Å². The Morgan fingerprint density at radius 1 is 1.09 bits per heavy atom. The van der Waals surface area contributed by atoms with E-state index in [1.807, 2.05) is 43.3 Å². The molecule has 1 amide bonds. The number of hydrogen-bond acceptors (Lipinski definition) is 9. The molecule has 1 aromatic heterocycles. The summed E-state index contributed by atoms with van der Waals surface area (Å²) in [5.74, 6) is 2.48. The van der Waals surface area contributed by atoms with Gasteiger partial charge >= 0.3 is 0 Å². The largest absolute Gasteiger partial charge is 0.497 e. The van der Waals surface area contributed by atoms with Crippen LogP contribution in [0.5, 0.6) is 17.2 Å². The molecule has 3 aromatic rings. The first-order valence-electron chi connectivity index (χ1n) is 10.0. The lowest BCUT2D eigenvalue weighted by molar-refractivity contribution is -0.118. The van der Waals surface area contributed by atoms with E-state index in [-0.39, 0.29) is 11.7 Å². The molecule has 0 unspecified atom stereocenters. The minimum atomic E-state index is -0.134. The summed E-state index contributed by atoms with van der Waals surface area (Å²) >= 11 is 1.22. The molecule has 0 radical (unpaired) electrons. The number of aromatic amines is 1. The molecule has 0 aliphatic rings. The fraction of sp³-hybridized carbons (Fsp3) is 0.273. The maximum atomic E-state index is 12.2. The van der Waals surface area contributed by atoms with Crippen molar-refractivity contribution in [2.24, 2.45) is 5.10 Å². The number of methoxy groups -OCH3 is 3. The number of nitrogens with zero attached hydrogens (tertiary/aromatic N) is 3. The Bertz CT molecular complexity index is 1120. The van der Waals surface area contributed by atoms with Crippen molar-refractivity contribution < 1.29 is 19.0 Å².